The van der Waals surface area contributed by atoms with E-state index < -0.39 is 0 Å². The van der Waals surface area contributed by atoms with Crippen LogP contribution < -0.4 is 4.74 Å². The van der Waals surface area contributed by atoms with Crippen LogP contribution in [0.5, 0.6) is 5.75 Å². The van der Waals surface area contributed by atoms with E-state index in [1.165, 1.54) is 0 Å². The van der Waals surface area contributed by atoms with E-state index in [2.05, 4.69) is 27.1 Å². The number of aromatic nitrogens is 2. The topological polar surface area (TPSA) is 27.1 Å². The summed E-state index contributed by atoms with van der Waals surface area (Å²) in [6.07, 6.45) is 1.94. The number of rotatable bonds is 2. The smallest absolute Gasteiger partial charge is 0.121 e. The van der Waals surface area contributed by atoms with Crippen molar-refractivity contribution in [2.75, 3.05) is 7.11 Å². The fourth-order valence-electron chi connectivity index (χ4n) is 1.68. The van der Waals surface area contributed by atoms with E-state index in [1.807, 2.05) is 32.3 Å². The fourth-order valence-corrected chi connectivity index (χ4v) is 2.29. The van der Waals surface area contributed by atoms with E-state index in [-0.39, 0.29) is 0 Å². The van der Waals surface area contributed by atoms with Crippen LogP contribution in [0.1, 0.15) is 5.56 Å². The Bertz CT molecular complexity index is 520. The SMILES string of the molecule is COc1ccc(-c2nn(C)cc2Br)cc1C. The highest BCUT2D eigenvalue weighted by Gasteiger charge is 2.09. The molecule has 4 heteroatoms. The molecule has 0 aliphatic heterocycles. The first-order valence-electron chi connectivity index (χ1n) is 4.96. The molecule has 0 saturated heterocycles. The van der Waals surface area contributed by atoms with Crippen molar-refractivity contribution >= 4 is 15.9 Å². The number of ether oxygens (including phenoxy) is 1. The van der Waals surface area contributed by atoms with E-state index in [9.17, 15) is 0 Å². The molecule has 0 amide bonds. The third-order valence-electron chi connectivity index (χ3n) is 2.45. The molecule has 0 N–H and O–H groups in total. The average molecular weight is 281 g/mol. The van der Waals surface area contributed by atoms with Gasteiger partial charge in [-0.05, 0) is 46.6 Å². The van der Waals surface area contributed by atoms with Gasteiger partial charge in [-0.3, -0.25) is 4.68 Å². The first kappa shape index (κ1) is 11.2. The Balaban J connectivity index is 2.49. The highest BCUT2D eigenvalue weighted by Crippen LogP contribution is 2.29. The number of aryl methyl sites for hydroxylation is 2. The number of nitrogens with zero attached hydrogens (tertiary/aromatic N) is 2. The van der Waals surface area contributed by atoms with Crippen LogP contribution in [0.2, 0.25) is 0 Å². The number of benzene rings is 1. The summed E-state index contributed by atoms with van der Waals surface area (Å²) in [6.45, 7) is 2.03. The van der Waals surface area contributed by atoms with E-state index in [0.29, 0.717) is 0 Å². The maximum absolute atomic E-state index is 5.23. The largest absolute Gasteiger partial charge is 0.496 e. The van der Waals surface area contributed by atoms with Crippen molar-refractivity contribution in [3.8, 4) is 17.0 Å². The predicted octanol–water partition coefficient (Wildman–Crippen LogP) is 3.17. The molecule has 0 bridgehead atoms. The van der Waals surface area contributed by atoms with Crippen LogP contribution >= 0.6 is 15.9 Å². The van der Waals surface area contributed by atoms with E-state index in [0.717, 1.165) is 27.0 Å². The summed E-state index contributed by atoms with van der Waals surface area (Å²) in [7, 11) is 3.59. The first-order valence-corrected chi connectivity index (χ1v) is 5.75. The highest BCUT2D eigenvalue weighted by atomic mass is 79.9. The summed E-state index contributed by atoms with van der Waals surface area (Å²) in [5.41, 5.74) is 3.15. The van der Waals surface area contributed by atoms with Crippen LogP contribution in [0, 0.1) is 6.92 Å². The molecule has 0 atom stereocenters. The maximum atomic E-state index is 5.23. The van der Waals surface area contributed by atoms with Gasteiger partial charge in [-0.15, -0.1) is 0 Å². The minimum absolute atomic E-state index is 0.899. The molecule has 0 saturated carbocycles. The van der Waals surface area contributed by atoms with Crippen molar-refractivity contribution in [3.63, 3.8) is 0 Å². The van der Waals surface area contributed by atoms with Crippen molar-refractivity contribution in [3.05, 3.63) is 34.4 Å². The molecular weight excluding hydrogens is 268 g/mol. The van der Waals surface area contributed by atoms with Crippen LogP contribution in [0.15, 0.2) is 28.9 Å². The van der Waals surface area contributed by atoms with Crippen LogP contribution in [0.3, 0.4) is 0 Å². The van der Waals surface area contributed by atoms with E-state index in [1.54, 1.807) is 11.8 Å². The van der Waals surface area contributed by atoms with Crippen molar-refractivity contribution < 1.29 is 4.74 Å². The van der Waals surface area contributed by atoms with Gasteiger partial charge < -0.3 is 4.74 Å². The zero-order chi connectivity index (χ0) is 11.7. The summed E-state index contributed by atoms with van der Waals surface area (Å²) in [4.78, 5) is 0. The van der Waals surface area contributed by atoms with Gasteiger partial charge in [-0.25, -0.2) is 0 Å². The van der Waals surface area contributed by atoms with Gasteiger partial charge in [0, 0.05) is 18.8 Å². The number of hydrogen-bond acceptors (Lipinski definition) is 2. The minimum atomic E-state index is 0.899. The lowest BCUT2D eigenvalue weighted by Gasteiger charge is -2.06. The lowest BCUT2D eigenvalue weighted by atomic mass is 10.1. The molecule has 0 aliphatic rings. The van der Waals surface area contributed by atoms with Gasteiger partial charge in [0.25, 0.3) is 0 Å². The molecule has 1 aromatic heterocycles. The molecule has 0 fully saturated rings. The Morgan fingerprint density at radius 1 is 1.38 bits per heavy atom. The third kappa shape index (κ3) is 1.97. The average Bonchev–Trinajstić information content (AvgIpc) is 2.58. The Kier molecular flexibility index (Phi) is 3.01. The number of methoxy groups -OCH3 is 1. The molecule has 16 heavy (non-hydrogen) atoms. The minimum Gasteiger partial charge on any atom is -0.496 e. The molecule has 1 aromatic carbocycles. The van der Waals surface area contributed by atoms with Crippen molar-refractivity contribution in [2.24, 2.45) is 7.05 Å². The Morgan fingerprint density at radius 2 is 2.12 bits per heavy atom. The molecule has 0 aliphatic carbocycles. The van der Waals surface area contributed by atoms with Crippen LogP contribution in [0.4, 0.5) is 0 Å². The summed E-state index contributed by atoms with van der Waals surface area (Å²) >= 11 is 3.50. The van der Waals surface area contributed by atoms with Crippen molar-refractivity contribution in [1.29, 1.82) is 0 Å². The van der Waals surface area contributed by atoms with E-state index >= 15 is 0 Å². The normalized spacial score (nSPS) is 10.5. The summed E-state index contributed by atoms with van der Waals surface area (Å²) in [6, 6.07) is 6.05. The second-order valence-corrected chi connectivity index (χ2v) is 4.54. The predicted molar refractivity (Wildman–Crippen MR) is 67.6 cm³/mol. The molecule has 2 aromatic rings. The Morgan fingerprint density at radius 3 is 2.62 bits per heavy atom. The van der Waals surface area contributed by atoms with Gasteiger partial charge in [0.05, 0.1) is 11.6 Å². The molecule has 0 unspecified atom stereocenters. The first-order chi connectivity index (χ1) is 7.61. The summed E-state index contributed by atoms with van der Waals surface area (Å²) < 4.78 is 8.02. The number of halogens is 1. The van der Waals surface area contributed by atoms with Gasteiger partial charge in [-0.2, -0.15) is 5.10 Å². The Labute approximate surface area is 103 Å². The summed E-state index contributed by atoms with van der Waals surface area (Å²) in [5.74, 6) is 0.899. The second kappa shape index (κ2) is 4.29. The van der Waals surface area contributed by atoms with Crippen LogP contribution in [0.25, 0.3) is 11.3 Å². The van der Waals surface area contributed by atoms with Gasteiger partial charge in [0.1, 0.15) is 11.4 Å². The quantitative estimate of drug-likeness (QED) is 0.845. The van der Waals surface area contributed by atoms with Crippen LogP contribution in [-0.4, -0.2) is 16.9 Å². The standard InChI is InChI=1S/C12H13BrN2O/c1-8-6-9(4-5-11(8)16-3)12-10(13)7-15(2)14-12/h4-7H,1-3H3. The van der Waals surface area contributed by atoms with Crippen molar-refractivity contribution in [1.82, 2.24) is 9.78 Å². The molecule has 2 rings (SSSR count). The lowest BCUT2D eigenvalue weighted by Crippen LogP contribution is -1.90. The van der Waals surface area contributed by atoms with Gasteiger partial charge in [0.2, 0.25) is 0 Å². The maximum Gasteiger partial charge on any atom is 0.121 e. The molecule has 84 valence electrons. The highest BCUT2D eigenvalue weighted by molar-refractivity contribution is 9.10. The monoisotopic (exact) mass is 280 g/mol. The van der Waals surface area contributed by atoms with E-state index in [4.69, 9.17) is 4.74 Å². The summed E-state index contributed by atoms with van der Waals surface area (Å²) in [5, 5.41) is 4.41. The molecule has 0 radical (unpaired) electrons. The van der Waals surface area contributed by atoms with Crippen molar-refractivity contribution in [2.45, 2.75) is 6.92 Å². The van der Waals surface area contributed by atoms with Gasteiger partial charge in [0.15, 0.2) is 0 Å². The van der Waals surface area contributed by atoms with Gasteiger partial charge >= 0.3 is 0 Å². The fraction of sp³-hybridized carbons (Fsp3) is 0.250. The van der Waals surface area contributed by atoms with Crippen LogP contribution in [-0.2, 0) is 7.05 Å². The zero-order valence-electron chi connectivity index (χ0n) is 9.49. The molecular formula is C12H13BrN2O. The second-order valence-electron chi connectivity index (χ2n) is 3.68. The lowest BCUT2D eigenvalue weighted by molar-refractivity contribution is 0.412. The molecule has 3 nitrogen and oxygen atoms in total. The zero-order valence-corrected chi connectivity index (χ0v) is 11.1. The van der Waals surface area contributed by atoms with Gasteiger partial charge in [-0.1, -0.05) is 0 Å². The third-order valence-corrected chi connectivity index (χ3v) is 3.03. The molecule has 1 heterocycles. The molecule has 0 spiro atoms. The Hall–Kier alpha value is -1.29. The number of hydrogen-bond donors (Lipinski definition) is 0.